The minimum absolute atomic E-state index is 0.0795. The monoisotopic (exact) mass is 486 g/mol. The maximum Gasteiger partial charge on any atom is 0.510 e. The van der Waals surface area contributed by atoms with Crippen LogP contribution in [0.2, 0.25) is 5.02 Å². The van der Waals surface area contributed by atoms with Gasteiger partial charge in [-0.05, 0) is 42.5 Å². The number of carbonyl (C=O) groups is 1. The Labute approximate surface area is 200 Å². The van der Waals surface area contributed by atoms with Crippen LogP contribution < -0.4 is 5.32 Å². The number of rotatable bonds is 11. The summed E-state index contributed by atoms with van der Waals surface area (Å²) >= 11 is 5.93. The molecule has 0 amide bonds. The van der Waals surface area contributed by atoms with Crippen molar-refractivity contribution in [1.29, 1.82) is 0 Å². The molecule has 2 aromatic heterocycles. The molecule has 0 bridgehead atoms. The van der Waals surface area contributed by atoms with Gasteiger partial charge in [0.1, 0.15) is 6.61 Å². The van der Waals surface area contributed by atoms with Crippen LogP contribution in [0.5, 0.6) is 0 Å². The quantitative estimate of drug-likeness (QED) is 0.234. The van der Waals surface area contributed by atoms with E-state index >= 15 is 0 Å². The van der Waals surface area contributed by atoms with E-state index in [4.69, 9.17) is 35.0 Å². The Morgan fingerprint density at radius 2 is 1.88 bits per heavy atom. The van der Waals surface area contributed by atoms with E-state index in [0.717, 1.165) is 22.2 Å². The van der Waals surface area contributed by atoms with Gasteiger partial charge in [0.2, 0.25) is 0 Å². The smallest absolute Gasteiger partial charge is 0.432 e. The number of oxazole rings is 1. The molecular formula is C23H23ClN4O6. The van der Waals surface area contributed by atoms with Gasteiger partial charge in [0.15, 0.2) is 12.5 Å². The minimum Gasteiger partial charge on any atom is -0.432 e. The summed E-state index contributed by atoms with van der Waals surface area (Å²) in [6.07, 6.45) is 2.52. The Bertz CT molecular complexity index is 1220. The number of nitrogens with one attached hydrogen (secondary N) is 1. The molecule has 1 N–H and O–H groups in total. The third-order valence-corrected chi connectivity index (χ3v) is 4.96. The Balaban J connectivity index is 1.30. The van der Waals surface area contributed by atoms with Gasteiger partial charge < -0.3 is 28.7 Å². The van der Waals surface area contributed by atoms with Crippen molar-refractivity contribution in [2.24, 2.45) is 0 Å². The fourth-order valence-corrected chi connectivity index (χ4v) is 3.18. The minimum atomic E-state index is -0.794. The van der Waals surface area contributed by atoms with Crippen LogP contribution in [0.3, 0.4) is 0 Å². The summed E-state index contributed by atoms with van der Waals surface area (Å²) in [6, 6.07) is 13.3. The highest BCUT2D eigenvalue weighted by Crippen LogP contribution is 2.27. The summed E-state index contributed by atoms with van der Waals surface area (Å²) in [7, 11) is 1.59. The highest BCUT2D eigenvalue weighted by Gasteiger charge is 2.10. The summed E-state index contributed by atoms with van der Waals surface area (Å²) in [4.78, 5) is 16.0. The van der Waals surface area contributed by atoms with Crippen molar-refractivity contribution in [1.82, 2.24) is 14.8 Å². The molecule has 0 saturated heterocycles. The number of carbonyl (C=O) groups excluding carboxylic acids is 1. The third kappa shape index (κ3) is 6.25. The van der Waals surface area contributed by atoms with Crippen LogP contribution in [-0.2, 0) is 25.7 Å². The van der Waals surface area contributed by atoms with E-state index in [-0.39, 0.29) is 19.9 Å². The lowest BCUT2D eigenvalue weighted by molar-refractivity contribution is 0.00382. The van der Waals surface area contributed by atoms with E-state index in [9.17, 15) is 4.79 Å². The second kappa shape index (κ2) is 11.5. The molecule has 11 heteroatoms. The molecule has 0 radical (unpaired) electrons. The van der Waals surface area contributed by atoms with Crippen molar-refractivity contribution >= 4 is 40.4 Å². The van der Waals surface area contributed by atoms with Gasteiger partial charge in [0, 0.05) is 28.8 Å². The highest BCUT2D eigenvalue weighted by atomic mass is 35.5. The van der Waals surface area contributed by atoms with Crippen LogP contribution in [-0.4, -0.2) is 54.5 Å². The fraction of sp³-hybridized carbons (Fsp3) is 0.261. The predicted octanol–water partition coefficient (Wildman–Crippen LogP) is 4.86. The van der Waals surface area contributed by atoms with Crippen LogP contribution in [0, 0.1) is 0 Å². The first-order chi connectivity index (χ1) is 16.6. The first-order valence-electron chi connectivity index (χ1n) is 10.4. The summed E-state index contributed by atoms with van der Waals surface area (Å²) < 4.78 is 27.5. The predicted molar refractivity (Wildman–Crippen MR) is 125 cm³/mol. The largest absolute Gasteiger partial charge is 0.510 e. The Morgan fingerprint density at radius 3 is 2.71 bits per heavy atom. The molecular weight excluding hydrogens is 464 g/mol. The molecule has 0 unspecified atom stereocenters. The fourth-order valence-electron chi connectivity index (χ4n) is 3.05. The Morgan fingerprint density at radius 1 is 1.06 bits per heavy atom. The standard InChI is InChI=1S/C23H23ClN4O6/c1-30-8-9-31-10-11-32-23(29)33-15-28-20-7-6-19(12-17(20)13-26-28)27-22-25-14-21(34-22)16-2-4-18(24)5-3-16/h2-7,12-14H,8-11,15H2,1H3,(H,25,27). The Kier molecular flexibility index (Phi) is 7.97. The number of benzene rings is 2. The van der Waals surface area contributed by atoms with Crippen molar-refractivity contribution in [2.75, 3.05) is 38.9 Å². The van der Waals surface area contributed by atoms with Gasteiger partial charge in [-0.15, -0.1) is 0 Å². The van der Waals surface area contributed by atoms with E-state index in [1.807, 2.05) is 30.3 Å². The zero-order valence-electron chi connectivity index (χ0n) is 18.4. The molecule has 0 fully saturated rings. The lowest BCUT2D eigenvalue weighted by atomic mass is 10.2. The second-order valence-electron chi connectivity index (χ2n) is 7.06. The molecule has 0 atom stereocenters. The number of hydrogen-bond acceptors (Lipinski definition) is 9. The molecule has 34 heavy (non-hydrogen) atoms. The lowest BCUT2D eigenvalue weighted by Crippen LogP contribution is -2.15. The maximum absolute atomic E-state index is 11.7. The molecule has 0 saturated carbocycles. The second-order valence-corrected chi connectivity index (χ2v) is 7.49. The zero-order valence-corrected chi connectivity index (χ0v) is 19.2. The molecule has 4 rings (SSSR count). The van der Waals surface area contributed by atoms with Crippen molar-refractivity contribution < 1.29 is 28.2 Å². The normalized spacial score (nSPS) is 11.0. The highest BCUT2D eigenvalue weighted by molar-refractivity contribution is 6.30. The van der Waals surface area contributed by atoms with Crippen LogP contribution in [0.25, 0.3) is 22.2 Å². The van der Waals surface area contributed by atoms with Gasteiger partial charge in [0.25, 0.3) is 6.01 Å². The van der Waals surface area contributed by atoms with E-state index in [0.29, 0.717) is 30.0 Å². The van der Waals surface area contributed by atoms with Gasteiger partial charge in [0.05, 0.1) is 37.7 Å². The molecule has 4 aromatic rings. The first kappa shape index (κ1) is 23.6. The van der Waals surface area contributed by atoms with E-state index in [1.54, 1.807) is 36.3 Å². The number of ether oxygens (including phenoxy) is 4. The maximum atomic E-state index is 11.7. The first-order valence-corrected chi connectivity index (χ1v) is 10.8. The van der Waals surface area contributed by atoms with Crippen LogP contribution in [0.4, 0.5) is 16.5 Å². The molecule has 2 aromatic carbocycles. The summed E-state index contributed by atoms with van der Waals surface area (Å²) in [5.74, 6) is 0.624. The van der Waals surface area contributed by atoms with Gasteiger partial charge in [-0.2, -0.15) is 5.10 Å². The Hall–Kier alpha value is -3.60. The number of halogens is 1. The summed E-state index contributed by atoms with van der Waals surface area (Å²) in [5.41, 5.74) is 2.43. The molecule has 2 heterocycles. The topological polar surface area (TPSA) is 110 Å². The molecule has 0 aliphatic carbocycles. The molecule has 0 aliphatic rings. The number of aromatic nitrogens is 3. The molecule has 178 valence electrons. The molecule has 0 spiro atoms. The van der Waals surface area contributed by atoms with Crippen LogP contribution in [0.1, 0.15) is 0 Å². The summed E-state index contributed by atoms with van der Waals surface area (Å²) in [6.45, 7) is 1.20. The molecule has 0 aliphatic heterocycles. The number of fused-ring (bicyclic) bond motifs is 1. The zero-order chi connectivity index (χ0) is 23.8. The van der Waals surface area contributed by atoms with Crippen molar-refractivity contribution in [3.05, 3.63) is 59.9 Å². The SMILES string of the molecule is COCCOCCOC(=O)OCn1ncc2cc(Nc3ncc(-c4ccc(Cl)cc4)o3)ccc21. The molecule has 10 nitrogen and oxygen atoms in total. The van der Waals surface area contributed by atoms with E-state index in [1.165, 1.54) is 0 Å². The van der Waals surface area contributed by atoms with Gasteiger partial charge in [-0.25, -0.2) is 14.5 Å². The lowest BCUT2D eigenvalue weighted by Gasteiger charge is -2.08. The van der Waals surface area contributed by atoms with Crippen molar-refractivity contribution in [3.63, 3.8) is 0 Å². The number of hydrogen-bond donors (Lipinski definition) is 1. The average Bonchev–Trinajstić information content (AvgIpc) is 3.47. The van der Waals surface area contributed by atoms with E-state index < -0.39 is 6.16 Å². The average molecular weight is 487 g/mol. The van der Waals surface area contributed by atoms with Crippen LogP contribution >= 0.6 is 11.6 Å². The van der Waals surface area contributed by atoms with E-state index in [2.05, 4.69) is 15.4 Å². The van der Waals surface area contributed by atoms with Crippen molar-refractivity contribution in [2.45, 2.75) is 6.73 Å². The third-order valence-electron chi connectivity index (χ3n) is 4.71. The summed E-state index contributed by atoms with van der Waals surface area (Å²) in [5, 5.41) is 8.90. The van der Waals surface area contributed by atoms with Gasteiger partial charge in [-0.3, -0.25) is 0 Å². The van der Waals surface area contributed by atoms with Gasteiger partial charge >= 0.3 is 6.16 Å². The number of methoxy groups -OCH3 is 1. The number of nitrogens with zero attached hydrogens (tertiary/aromatic N) is 3. The number of anilines is 2. The van der Waals surface area contributed by atoms with Gasteiger partial charge in [-0.1, -0.05) is 11.6 Å². The van der Waals surface area contributed by atoms with Crippen LogP contribution in [0.15, 0.2) is 59.3 Å². The van der Waals surface area contributed by atoms with Crippen molar-refractivity contribution in [3.8, 4) is 11.3 Å².